The van der Waals surface area contributed by atoms with Crippen molar-refractivity contribution in [2.45, 2.75) is 65.7 Å². The van der Waals surface area contributed by atoms with Gasteiger partial charge in [-0.15, -0.1) is 0 Å². The standard InChI is InChI=1S/C22H33O5P/c1-4-7-10-18-11-12-19-20(17-18)21(23)13-14-22(19)27-28(24,25-15-8-5-2)26-16-9-6-3/h11-14,17,23H,4-10,15-16H2,1-3H3. The van der Waals surface area contributed by atoms with Crippen LogP contribution in [-0.2, 0) is 20.0 Å². The summed E-state index contributed by atoms with van der Waals surface area (Å²) in [5.41, 5.74) is 1.16. The van der Waals surface area contributed by atoms with Crippen molar-refractivity contribution in [1.82, 2.24) is 0 Å². The van der Waals surface area contributed by atoms with Crippen LogP contribution >= 0.6 is 7.82 Å². The minimum atomic E-state index is -3.73. The second kappa shape index (κ2) is 11.5. The molecular weight excluding hydrogens is 375 g/mol. The summed E-state index contributed by atoms with van der Waals surface area (Å²) in [7, 11) is -3.73. The molecule has 0 aliphatic heterocycles. The summed E-state index contributed by atoms with van der Waals surface area (Å²) in [6, 6.07) is 9.06. The SMILES string of the molecule is CCCCOP(=O)(OCCCC)Oc1ccc(O)c2cc(CCCC)ccc12. The summed E-state index contributed by atoms with van der Waals surface area (Å²) in [6.45, 7) is 6.86. The predicted molar refractivity (Wildman–Crippen MR) is 114 cm³/mol. The highest BCUT2D eigenvalue weighted by Gasteiger charge is 2.29. The van der Waals surface area contributed by atoms with Gasteiger partial charge in [0.15, 0.2) is 0 Å². The zero-order chi connectivity index (χ0) is 20.4. The van der Waals surface area contributed by atoms with Gasteiger partial charge in [0.25, 0.3) is 0 Å². The van der Waals surface area contributed by atoms with Gasteiger partial charge < -0.3 is 9.63 Å². The Kier molecular flexibility index (Phi) is 9.30. The van der Waals surface area contributed by atoms with Gasteiger partial charge in [-0.1, -0.05) is 52.2 Å². The van der Waals surface area contributed by atoms with Crippen molar-refractivity contribution in [3.05, 3.63) is 35.9 Å². The number of benzene rings is 2. The highest BCUT2D eigenvalue weighted by Crippen LogP contribution is 2.51. The van der Waals surface area contributed by atoms with Crippen LogP contribution in [0.4, 0.5) is 0 Å². The maximum Gasteiger partial charge on any atom is 0.530 e. The molecule has 2 aromatic rings. The smallest absolute Gasteiger partial charge is 0.507 e. The third kappa shape index (κ3) is 6.51. The summed E-state index contributed by atoms with van der Waals surface area (Å²) in [5, 5.41) is 11.7. The molecule has 6 heteroatoms. The molecule has 28 heavy (non-hydrogen) atoms. The molecule has 0 amide bonds. The van der Waals surface area contributed by atoms with Crippen LogP contribution in [0.3, 0.4) is 0 Å². The lowest BCUT2D eigenvalue weighted by atomic mass is 10.0. The molecule has 0 fully saturated rings. The average molecular weight is 408 g/mol. The largest absolute Gasteiger partial charge is 0.530 e. The maximum atomic E-state index is 13.1. The first-order valence-corrected chi connectivity index (χ1v) is 11.8. The van der Waals surface area contributed by atoms with Gasteiger partial charge in [-0.05, 0) is 49.4 Å². The van der Waals surface area contributed by atoms with E-state index in [-0.39, 0.29) is 5.75 Å². The van der Waals surface area contributed by atoms with E-state index in [9.17, 15) is 9.67 Å². The summed E-state index contributed by atoms with van der Waals surface area (Å²) in [4.78, 5) is 0. The minimum absolute atomic E-state index is 0.175. The number of phosphoric acid groups is 1. The van der Waals surface area contributed by atoms with E-state index in [4.69, 9.17) is 13.6 Å². The van der Waals surface area contributed by atoms with Crippen LogP contribution in [0, 0.1) is 0 Å². The molecule has 0 aromatic heterocycles. The number of aromatic hydroxyl groups is 1. The molecular formula is C22H33O5P. The van der Waals surface area contributed by atoms with Crippen LogP contribution in [0.25, 0.3) is 10.8 Å². The summed E-state index contributed by atoms with van der Waals surface area (Å²) in [6.07, 6.45) is 6.57. The average Bonchev–Trinajstić information content (AvgIpc) is 2.69. The molecule has 156 valence electrons. The van der Waals surface area contributed by atoms with Crippen LogP contribution in [0.15, 0.2) is 30.3 Å². The van der Waals surface area contributed by atoms with Crippen molar-refractivity contribution in [2.75, 3.05) is 13.2 Å². The third-order valence-corrected chi connectivity index (χ3v) is 5.96. The molecule has 0 saturated carbocycles. The molecule has 0 bridgehead atoms. The molecule has 0 spiro atoms. The predicted octanol–water partition coefficient (Wildman–Crippen LogP) is 7.01. The van der Waals surface area contributed by atoms with Crippen molar-refractivity contribution in [1.29, 1.82) is 0 Å². The first-order chi connectivity index (χ1) is 13.5. The van der Waals surface area contributed by atoms with Gasteiger partial charge in [-0.25, -0.2) is 4.57 Å². The van der Waals surface area contributed by atoms with Gasteiger partial charge in [0.2, 0.25) is 0 Å². The zero-order valence-corrected chi connectivity index (χ0v) is 18.2. The van der Waals surface area contributed by atoms with E-state index in [0.717, 1.165) is 50.5 Å². The number of hydrogen-bond acceptors (Lipinski definition) is 5. The molecule has 1 N–H and O–H groups in total. The Morgan fingerprint density at radius 1 is 0.857 bits per heavy atom. The highest BCUT2D eigenvalue weighted by atomic mass is 31.2. The van der Waals surface area contributed by atoms with Crippen LogP contribution in [0.1, 0.15) is 64.9 Å². The number of fused-ring (bicyclic) bond motifs is 1. The van der Waals surface area contributed by atoms with Crippen molar-refractivity contribution in [3.8, 4) is 11.5 Å². The van der Waals surface area contributed by atoms with Crippen molar-refractivity contribution in [3.63, 3.8) is 0 Å². The maximum absolute atomic E-state index is 13.1. The molecule has 2 aromatic carbocycles. The lowest BCUT2D eigenvalue weighted by molar-refractivity contribution is 0.152. The number of phenols is 1. The fourth-order valence-electron chi connectivity index (χ4n) is 2.82. The monoisotopic (exact) mass is 408 g/mol. The van der Waals surface area contributed by atoms with Gasteiger partial charge in [-0.2, -0.15) is 0 Å². The normalized spacial score (nSPS) is 11.8. The molecule has 0 aliphatic rings. The Hall–Kier alpha value is -1.55. The third-order valence-electron chi connectivity index (χ3n) is 4.54. The number of rotatable bonds is 13. The fourth-order valence-corrected chi connectivity index (χ4v) is 4.11. The molecule has 0 heterocycles. The summed E-state index contributed by atoms with van der Waals surface area (Å²) in [5.74, 6) is 0.570. The first kappa shape index (κ1) is 22.7. The number of aryl methyl sites for hydroxylation is 1. The number of unbranched alkanes of at least 4 members (excludes halogenated alkanes) is 3. The van der Waals surface area contributed by atoms with Crippen molar-refractivity contribution in [2.24, 2.45) is 0 Å². The molecule has 0 radical (unpaired) electrons. The Balaban J connectivity index is 2.29. The lowest BCUT2D eigenvalue weighted by Gasteiger charge is -2.20. The molecule has 0 saturated heterocycles. The van der Waals surface area contributed by atoms with E-state index in [1.807, 2.05) is 32.0 Å². The fraction of sp³-hybridized carbons (Fsp3) is 0.545. The van der Waals surface area contributed by atoms with E-state index in [2.05, 4.69) is 6.92 Å². The first-order valence-electron chi connectivity index (χ1n) is 10.4. The topological polar surface area (TPSA) is 65.0 Å². The number of phosphoric ester groups is 1. The summed E-state index contributed by atoms with van der Waals surface area (Å²) < 4.78 is 30.0. The molecule has 0 aliphatic carbocycles. The van der Waals surface area contributed by atoms with Gasteiger partial charge in [0.05, 0.1) is 13.2 Å². The van der Waals surface area contributed by atoms with E-state index in [0.29, 0.717) is 29.7 Å². The second-order valence-electron chi connectivity index (χ2n) is 6.98. The van der Waals surface area contributed by atoms with Crippen LogP contribution in [-0.4, -0.2) is 18.3 Å². The van der Waals surface area contributed by atoms with Gasteiger partial charge in [0.1, 0.15) is 11.5 Å². The Labute approximate surface area is 168 Å². The quantitative estimate of drug-likeness (QED) is 0.285. The number of hydrogen-bond donors (Lipinski definition) is 1. The van der Waals surface area contributed by atoms with Gasteiger partial charge in [0, 0.05) is 10.8 Å². The molecule has 5 nitrogen and oxygen atoms in total. The van der Waals surface area contributed by atoms with Crippen molar-refractivity contribution < 1.29 is 23.2 Å². The van der Waals surface area contributed by atoms with E-state index in [1.165, 1.54) is 0 Å². The van der Waals surface area contributed by atoms with E-state index < -0.39 is 7.82 Å². The summed E-state index contributed by atoms with van der Waals surface area (Å²) >= 11 is 0. The Bertz CT molecular complexity index is 776. The second-order valence-corrected chi connectivity index (χ2v) is 8.57. The molecule has 0 atom stereocenters. The number of phenolic OH excluding ortho intramolecular Hbond substituents is 1. The lowest BCUT2D eigenvalue weighted by Crippen LogP contribution is -2.05. The van der Waals surface area contributed by atoms with E-state index >= 15 is 0 Å². The van der Waals surface area contributed by atoms with Crippen LogP contribution in [0.2, 0.25) is 0 Å². The molecule has 0 unspecified atom stereocenters. The van der Waals surface area contributed by atoms with Gasteiger partial charge in [-0.3, -0.25) is 9.05 Å². The van der Waals surface area contributed by atoms with Crippen LogP contribution in [0.5, 0.6) is 11.5 Å². The van der Waals surface area contributed by atoms with Crippen LogP contribution < -0.4 is 4.52 Å². The van der Waals surface area contributed by atoms with Gasteiger partial charge >= 0.3 is 7.82 Å². The minimum Gasteiger partial charge on any atom is -0.507 e. The van der Waals surface area contributed by atoms with E-state index in [1.54, 1.807) is 12.1 Å². The zero-order valence-electron chi connectivity index (χ0n) is 17.3. The highest BCUT2D eigenvalue weighted by molar-refractivity contribution is 7.48. The molecule has 2 rings (SSSR count). The van der Waals surface area contributed by atoms with Crippen molar-refractivity contribution >= 4 is 18.6 Å². The Morgan fingerprint density at radius 3 is 2.11 bits per heavy atom. The Morgan fingerprint density at radius 2 is 1.50 bits per heavy atom.